The number of aromatic nitrogens is 3. The highest BCUT2D eigenvalue weighted by Gasteiger charge is 2.35. The molecule has 41 heavy (non-hydrogen) atoms. The number of ether oxygens (including phenoxy) is 2. The van der Waals surface area contributed by atoms with E-state index in [0.29, 0.717) is 28.3 Å². The number of carbonyl (C=O) groups excluding carboxylic acids is 2. The Morgan fingerprint density at radius 3 is 2.37 bits per heavy atom. The van der Waals surface area contributed by atoms with Crippen LogP contribution >= 0.6 is 0 Å². The van der Waals surface area contributed by atoms with Gasteiger partial charge in [-0.1, -0.05) is 65.4 Å². The number of hydrogen-bond donors (Lipinski definition) is 1. The van der Waals surface area contributed by atoms with Crippen molar-refractivity contribution in [3.05, 3.63) is 114 Å². The summed E-state index contributed by atoms with van der Waals surface area (Å²) in [4.78, 5) is 29.9. The predicted octanol–water partition coefficient (Wildman–Crippen LogP) is 4.85. The van der Waals surface area contributed by atoms with E-state index in [1.165, 1.54) is 12.0 Å². The molecule has 0 aliphatic rings. The van der Waals surface area contributed by atoms with E-state index in [2.05, 4.69) is 15.6 Å². The number of nitrogens with one attached hydrogen (secondary N) is 1. The number of hydrogen-bond acceptors (Lipinski definition) is 6. The monoisotopic (exact) mass is 549 g/mol. The second-order valence-corrected chi connectivity index (χ2v) is 9.55. The van der Waals surface area contributed by atoms with E-state index in [1.54, 1.807) is 30.0 Å². The maximum absolute atomic E-state index is 14.2. The van der Waals surface area contributed by atoms with E-state index >= 15 is 0 Å². The summed E-state index contributed by atoms with van der Waals surface area (Å²) in [7, 11) is 3.08. The van der Waals surface area contributed by atoms with Crippen LogP contribution in [0.5, 0.6) is 11.5 Å². The first-order valence-corrected chi connectivity index (χ1v) is 13.2. The zero-order chi connectivity index (χ0) is 28.8. The van der Waals surface area contributed by atoms with Gasteiger partial charge in [-0.3, -0.25) is 14.5 Å². The number of aryl methyl sites for hydroxylation is 1. The third-order valence-corrected chi connectivity index (χ3v) is 6.84. The molecule has 1 aromatic heterocycles. The molecule has 1 atom stereocenters. The standard InChI is InChI=1S/C32H31N5O4/c1-22-13-15-24(16-14-22)37(30(38)21-36-28-12-8-7-11-27(28)34-35-36)31(26-18-17-25(40-2)19-29(26)41-3)32(39)33-20-23-9-5-4-6-10-23/h4-19,31H,20-21H2,1-3H3,(H,33,39). The number of para-hydroxylation sites is 1. The van der Waals surface area contributed by atoms with Gasteiger partial charge in [0.2, 0.25) is 11.8 Å². The lowest BCUT2D eigenvalue weighted by molar-refractivity contribution is -0.127. The molecule has 0 fully saturated rings. The number of benzene rings is 4. The highest BCUT2D eigenvalue weighted by Crippen LogP contribution is 2.36. The quantitative estimate of drug-likeness (QED) is 0.268. The minimum absolute atomic E-state index is 0.130. The first kappa shape index (κ1) is 27.4. The van der Waals surface area contributed by atoms with Crippen molar-refractivity contribution in [2.75, 3.05) is 19.1 Å². The molecule has 208 valence electrons. The average molecular weight is 550 g/mol. The Morgan fingerprint density at radius 2 is 1.63 bits per heavy atom. The summed E-state index contributed by atoms with van der Waals surface area (Å²) in [5, 5.41) is 11.4. The Balaban J connectivity index is 1.60. The molecule has 5 rings (SSSR count). The summed E-state index contributed by atoms with van der Waals surface area (Å²) in [6.45, 7) is 2.13. The highest BCUT2D eigenvalue weighted by molar-refractivity contribution is 6.02. The molecule has 0 saturated heterocycles. The summed E-state index contributed by atoms with van der Waals surface area (Å²) in [6.07, 6.45) is 0. The van der Waals surface area contributed by atoms with Crippen LogP contribution in [0, 0.1) is 6.92 Å². The largest absolute Gasteiger partial charge is 0.497 e. The lowest BCUT2D eigenvalue weighted by Crippen LogP contribution is -2.45. The lowest BCUT2D eigenvalue weighted by atomic mass is 10.0. The molecule has 0 radical (unpaired) electrons. The smallest absolute Gasteiger partial charge is 0.249 e. The van der Waals surface area contributed by atoms with Gasteiger partial charge in [0.15, 0.2) is 0 Å². The van der Waals surface area contributed by atoms with Gasteiger partial charge in [-0.2, -0.15) is 0 Å². The van der Waals surface area contributed by atoms with Gasteiger partial charge in [0.05, 0.1) is 19.7 Å². The molecular formula is C32H31N5O4. The van der Waals surface area contributed by atoms with Gasteiger partial charge >= 0.3 is 0 Å². The molecule has 9 nitrogen and oxygen atoms in total. The van der Waals surface area contributed by atoms with E-state index in [1.807, 2.05) is 85.8 Å². The third-order valence-electron chi connectivity index (χ3n) is 6.84. The Labute approximate surface area is 238 Å². The zero-order valence-corrected chi connectivity index (χ0v) is 23.2. The summed E-state index contributed by atoms with van der Waals surface area (Å²) in [5.74, 6) is 0.272. The van der Waals surface area contributed by atoms with Crippen LogP contribution in [-0.4, -0.2) is 41.0 Å². The molecular weight excluding hydrogens is 518 g/mol. The molecule has 5 aromatic rings. The van der Waals surface area contributed by atoms with Crippen LogP contribution in [0.3, 0.4) is 0 Å². The zero-order valence-electron chi connectivity index (χ0n) is 23.2. The van der Waals surface area contributed by atoms with E-state index in [9.17, 15) is 9.59 Å². The second kappa shape index (κ2) is 12.3. The van der Waals surface area contributed by atoms with Crippen LogP contribution in [0.15, 0.2) is 97.1 Å². The fourth-order valence-electron chi connectivity index (χ4n) is 4.70. The van der Waals surface area contributed by atoms with E-state index in [-0.39, 0.29) is 24.9 Å². The molecule has 0 aliphatic carbocycles. The Kier molecular flexibility index (Phi) is 8.24. The third kappa shape index (κ3) is 6.04. The van der Waals surface area contributed by atoms with Crippen LogP contribution < -0.4 is 19.7 Å². The molecule has 0 bridgehead atoms. The number of fused-ring (bicyclic) bond motifs is 1. The molecule has 2 amide bonds. The van der Waals surface area contributed by atoms with Gasteiger partial charge in [0.1, 0.15) is 29.6 Å². The maximum Gasteiger partial charge on any atom is 0.249 e. The molecule has 1 N–H and O–H groups in total. The van der Waals surface area contributed by atoms with Gasteiger partial charge in [-0.25, -0.2) is 4.68 Å². The van der Waals surface area contributed by atoms with E-state index < -0.39 is 6.04 Å². The lowest BCUT2D eigenvalue weighted by Gasteiger charge is -2.32. The van der Waals surface area contributed by atoms with Gasteiger partial charge < -0.3 is 14.8 Å². The van der Waals surface area contributed by atoms with Crippen LogP contribution in [0.2, 0.25) is 0 Å². The topological polar surface area (TPSA) is 98.6 Å². The summed E-state index contributed by atoms with van der Waals surface area (Å²) in [5.41, 5.74) is 4.42. The Bertz CT molecular complexity index is 1650. The Hall–Kier alpha value is -5.18. The van der Waals surface area contributed by atoms with Gasteiger partial charge in [0.25, 0.3) is 0 Å². The van der Waals surface area contributed by atoms with Gasteiger partial charge in [-0.15, -0.1) is 5.10 Å². The number of methoxy groups -OCH3 is 2. The van der Waals surface area contributed by atoms with Crippen molar-refractivity contribution < 1.29 is 19.1 Å². The number of amides is 2. The minimum atomic E-state index is -1.07. The molecule has 1 heterocycles. The van der Waals surface area contributed by atoms with Crippen LogP contribution in [0.1, 0.15) is 22.7 Å². The van der Waals surface area contributed by atoms with Crippen molar-refractivity contribution in [2.45, 2.75) is 26.1 Å². The Morgan fingerprint density at radius 1 is 0.902 bits per heavy atom. The molecule has 0 spiro atoms. The first-order chi connectivity index (χ1) is 20.0. The van der Waals surface area contributed by atoms with Crippen molar-refractivity contribution >= 4 is 28.5 Å². The fraction of sp³-hybridized carbons (Fsp3) is 0.188. The molecule has 0 aliphatic heterocycles. The molecule has 0 saturated carbocycles. The summed E-state index contributed by atoms with van der Waals surface area (Å²) in [6, 6.07) is 28.7. The minimum Gasteiger partial charge on any atom is -0.497 e. The van der Waals surface area contributed by atoms with Crippen molar-refractivity contribution in [1.29, 1.82) is 0 Å². The van der Waals surface area contributed by atoms with Crippen molar-refractivity contribution in [1.82, 2.24) is 20.3 Å². The number of anilines is 1. The second-order valence-electron chi connectivity index (χ2n) is 9.55. The number of nitrogens with zero attached hydrogens (tertiary/aromatic N) is 4. The van der Waals surface area contributed by atoms with Gasteiger partial charge in [0, 0.05) is 23.9 Å². The van der Waals surface area contributed by atoms with Crippen LogP contribution in [-0.2, 0) is 22.7 Å². The normalized spacial score (nSPS) is 11.6. The molecule has 1 unspecified atom stereocenters. The first-order valence-electron chi connectivity index (χ1n) is 13.2. The maximum atomic E-state index is 14.2. The highest BCUT2D eigenvalue weighted by atomic mass is 16.5. The molecule has 9 heteroatoms. The number of rotatable bonds is 10. The SMILES string of the molecule is COc1ccc(C(C(=O)NCc2ccccc2)N(C(=O)Cn2nnc3ccccc32)c2ccc(C)cc2)c(OC)c1. The van der Waals surface area contributed by atoms with E-state index in [4.69, 9.17) is 9.47 Å². The number of carbonyl (C=O) groups is 2. The van der Waals surface area contributed by atoms with Crippen LogP contribution in [0.25, 0.3) is 11.0 Å². The van der Waals surface area contributed by atoms with Gasteiger partial charge in [-0.05, 0) is 48.9 Å². The van der Waals surface area contributed by atoms with Crippen molar-refractivity contribution in [3.8, 4) is 11.5 Å². The van der Waals surface area contributed by atoms with Crippen LogP contribution in [0.4, 0.5) is 5.69 Å². The van der Waals surface area contributed by atoms with E-state index in [0.717, 1.165) is 16.6 Å². The van der Waals surface area contributed by atoms with Crippen molar-refractivity contribution in [3.63, 3.8) is 0 Å². The fourth-order valence-corrected chi connectivity index (χ4v) is 4.70. The summed E-state index contributed by atoms with van der Waals surface area (Å²) < 4.78 is 12.6. The van der Waals surface area contributed by atoms with Crippen molar-refractivity contribution in [2.24, 2.45) is 0 Å². The summed E-state index contributed by atoms with van der Waals surface area (Å²) >= 11 is 0. The average Bonchev–Trinajstić information content (AvgIpc) is 3.42. The molecule has 4 aromatic carbocycles. The predicted molar refractivity (Wildman–Crippen MR) is 157 cm³/mol.